The molecule has 19 heavy (non-hydrogen) atoms. The number of urea groups is 1. The summed E-state index contributed by atoms with van der Waals surface area (Å²) in [6.45, 7) is 0.892. The van der Waals surface area contributed by atoms with Gasteiger partial charge in [-0.15, -0.1) is 0 Å². The van der Waals surface area contributed by atoms with E-state index < -0.39 is 11.0 Å². The van der Waals surface area contributed by atoms with Crippen molar-refractivity contribution in [3.05, 3.63) is 34.4 Å². The molecule has 0 aliphatic carbocycles. The van der Waals surface area contributed by atoms with E-state index in [2.05, 4.69) is 10.3 Å². The van der Waals surface area contributed by atoms with Crippen molar-refractivity contribution in [3.8, 4) is 0 Å². The third-order valence-corrected chi connectivity index (χ3v) is 2.87. The van der Waals surface area contributed by atoms with Gasteiger partial charge in [-0.2, -0.15) is 4.99 Å². The Morgan fingerprint density at radius 2 is 2.32 bits per heavy atom. The molecule has 2 amide bonds. The zero-order valence-corrected chi connectivity index (χ0v) is 10.5. The molecular formula is C12H14N4O3. The summed E-state index contributed by atoms with van der Waals surface area (Å²) >= 11 is 0. The summed E-state index contributed by atoms with van der Waals surface area (Å²) in [6.07, 6.45) is 1.76. The molecule has 1 fully saturated rings. The van der Waals surface area contributed by atoms with Gasteiger partial charge in [0.15, 0.2) is 0 Å². The van der Waals surface area contributed by atoms with E-state index in [-0.39, 0.29) is 5.69 Å². The lowest BCUT2D eigenvalue weighted by Gasteiger charge is -2.10. The Labute approximate surface area is 110 Å². The van der Waals surface area contributed by atoms with Crippen molar-refractivity contribution in [2.24, 2.45) is 4.99 Å². The third kappa shape index (κ3) is 3.27. The molecule has 1 N–H and O–H groups in total. The van der Waals surface area contributed by atoms with E-state index in [4.69, 9.17) is 0 Å². The van der Waals surface area contributed by atoms with Crippen molar-refractivity contribution in [2.75, 3.05) is 18.9 Å². The number of rotatable bonds is 2. The van der Waals surface area contributed by atoms with Crippen LogP contribution in [0.4, 0.5) is 16.2 Å². The van der Waals surface area contributed by atoms with Crippen molar-refractivity contribution in [1.29, 1.82) is 0 Å². The van der Waals surface area contributed by atoms with Gasteiger partial charge in [-0.05, 0) is 12.5 Å². The monoisotopic (exact) mass is 262 g/mol. The van der Waals surface area contributed by atoms with E-state index in [1.165, 1.54) is 18.2 Å². The summed E-state index contributed by atoms with van der Waals surface area (Å²) in [5, 5.41) is 13.1. The van der Waals surface area contributed by atoms with Crippen molar-refractivity contribution < 1.29 is 9.72 Å². The van der Waals surface area contributed by atoms with Gasteiger partial charge < -0.3 is 10.2 Å². The van der Waals surface area contributed by atoms with Gasteiger partial charge in [0.1, 0.15) is 5.84 Å². The first-order valence-electron chi connectivity index (χ1n) is 5.90. The van der Waals surface area contributed by atoms with Crippen LogP contribution in [0.5, 0.6) is 0 Å². The van der Waals surface area contributed by atoms with Gasteiger partial charge in [-0.3, -0.25) is 10.1 Å². The Bertz CT molecular complexity index is 542. The number of aliphatic imine (C=N–C) groups is 1. The Kier molecular flexibility index (Phi) is 3.74. The predicted octanol–water partition coefficient (Wildman–Crippen LogP) is 2.25. The molecule has 100 valence electrons. The lowest BCUT2D eigenvalue weighted by atomic mass is 10.3. The average Bonchev–Trinajstić information content (AvgIpc) is 2.75. The van der Waals surface area contributed by atoms with Crippen LogP contribution in [0.1, 0.15) is 12.8 Å². The number of carbonyl (C=O) groups excluding carboxylic acids is 1. The van der Waals surface area contributed by atoms with Crippen molar-refractivity contribution in [1.82, 2.24) is 4.90 Å². The molecule has 1 heterocycles. The largest absolute Gasteiger partial charge is 0.363 e. The molecule has 7 heteroatoms. The highest BCUT2D eigenvalue weighted by atomic mass is 16.6. The van der Waals surface area contributed by atoms with Crippen LogP contribution in [0.2, 0.25) is 0 Å². The van der Waals surface area contributed by atoms with Crippen LogP contribution < -0.4 is 5.32 Å². The maximum atomic E-state index is 11.7. The number of nitro groups is 1. The molecule has 0 unspecified atom stereocenters. The molecule has 0 bridgehead atoms. The van der Waals surface area contributed by atoms with Crippen molar-refractivity contribution in [3.63, 3.8) is 0 Å². The molecule has 1 aromatic carbocycles. The summed E-state index contributed by atoms with van der Waals surface area (Å²) in [7, 11) is 1.88. The number of amides is 2. The number of non-ortho nitro benzene ring substituents is 1. The van der Waals surface area contributed by atoms with Gasteiger partial charge in [0.25, 0.3) is 5.69 Å². The number of nitro benzene ring substituents is 1. The fourth-order valence-corrected chi connectivity index (χ4v) is 1.90. The summed E-state index contributed by atoms with van der Waals surface area (Å²) in [6, 6.07) is 5.26. The highest BCUT2D eigenvalue weighted by Gasteiger charge is 2.15. The van der Waals surface area contributed by atoms with Gasteiger partial charge >= 0.3 is 6.03 Å². The van der Waals surface area contributed by atoms with Crippen molar-refractivity contribution >= 4 is 23.2 Å². The molecule has 1 saturated heterocycles. The normalized spacial score (nSPS) is 16.7. The predicted molar refractivity (Wildman–Crippen MR) is 71.4 cm³/mol. The number of hydrogen-bond acceptors (Lipinski definition) is 3. The quantitative estimate of drug-likeness (QED) is 0.654. The summed E-state index contributed by atoms with van der Waals surface area (Å²) < 4.78 is 0. The van der Waals surface area contributed by atoms with E-state index in [9.17, 15) is 14.9 Å². The molecular weight excluding hydrogens is 248 g/mol. The number of likely N-dealkylation sites (tertiary alicyclic amines) is 1. The van der Waals surface area contributed by atoms with E-state index >= 15 is 0 Å². The van der Waals surface area contributed by atoms with E-state index in [1.54, 1.807) is 6.07 Å². The lowest BCUT2D eigenvalue weighted by molar-refractivity contribution is -0.384. The fourth-order valence-electron chi connectivity index (χ4n) is 1.90. The second-order valence-electron chi connectivity index (χ2n) is 4.29. The molecule has 0 spiro atoms. The highest BCUT2D eigenvalue weighted by Crippen LogP contribution is 2.17. The first-order chi connectivity index (χ1) is 9.06. The number of hydrogen-bond donors (Lipinski definition) is 1. The van der Waals surface area contributed by atoms with Gasteiger partial charge in [-0.25, -0.2) is 4.79 Å². The minimum Gasteiger partial charge on any atom is -0.363 e. The van der Waals surface area contributed by atoms with Gasteiger partial charge in [0.05, 0.1) is 4.92 Å². The van der Waals surface area contributed by atoms with E-state index in [1.807, 2.05) is 11.9 Å². The van der Waals surface area contributed by atoms with Gasteiger partial charge in [0, 0.05) is 37.8 Å². The second-order valence-corrected chi connectivity index (χ2v) is 4.29. The zero-order chi connectivity index (χ0) is 13.8. The Balaban J connectivity index is 2.07. The molecule has 1 aliphatic heterocycles. The summed E-state index contributed by atoms with van der Waals surface area (Å²) in [5.41, 5.74) is 0.299. The number of nitrogens with zero attached hydrogens (tertiary/aromatic N) is 3. The lowest BCUT2D eigenvalue weighted by Crippen LogP contribution is -2.21. The average molecular weight is 262 g/mol. The molecule has 0 atom stereocenters. The number of anilines is 1. The molecule has 1 aliphatic rings. The highest BCUT2D eigenvalue weighted by molar-refractivity contribution is 6.00. The van der Waals surface area contributed by atoms with Crippen LogP contribution >= 0.6 is 0 Å². The number of benzene rings is 1. The smallest absolute Gasteiger partial charge is 0.347 e. The zero-order valence-electron chi connectivity index (χ0n) is 10.5. The second kappa shape index (κ2) is 5.47. The summed E-state index contributed by atoms with van der Waals surface area (Å²) in [4.78, 5) is 27.7. The molecule has 1 aromatic rings. The minimum absolute atomic E-state index is 0.0663. The van der Waals surface area contributed by atoms with Crippen molar-refractivity contribution in [2.45, 2.75) is 12.8 Å². The minimum atomic E-state index is -0.510. The molecule has 0 saturated carbocycles. The van der Waals surface area contributed by atoms with Crippen LogP contribution in [-0.2, 0) is 0 Å². The first-order valence-corrected chi connectivity index (χ1v) is 5.90. The Morgan fingerprint density at radius 3 is 2.95 bits per heavy atom. The van der Waals surface area contributed by atoms with E-state index in [0.717, 1.165) is 25.2 Å². The maximum absolute atomic E-state index is 11.7. The molecule has 0 aromatic heterocycles. The topological polar surface area (TPSA) is 87.8 Å². The molecule has 7 nitrogen and oxygen atoms in total. The molecule has 0 radical (unpaired) electrons. The van der Waals surface area contributed by atoms with Crippen LogP contribution in [0.3, 0.4) is 0 Å². The van der Waals surface area contributed by atoms with Gasteiger partial charge in [0.2, 0.25) is 0 Å². The Morgan fingerprint density at radius 1 is 1.53 bits per heavy atom. The first kappa shape index (κ1) is 13.0. The van der Waals surface area contributed by atoms with Gasteiger partial charge in [-0.1, -0.05) is 6.07 Å². The van der Waals surface area contributed by atoms with Crippen LogP contribution in [0, 0.1) is 10.1 Å². The standard InChI is InChI=1S/C12H14N4O3/c1-15-7-3-6-11(15)14-12(17)13-9-4-2-5-10(8-9)16(18)19/h2,4-5,8H,3,6-7H2,1H3,(H,13,17)/b14-11+. The third-order valence-electron chi connectivity index (χ3n) is 2.87. The fraction of sp³-hybridized carbons (Fsp3) is 0.333. The van der Waals surface area contributed by atoms with Crippen LogP contribution in [0.25, 0.3) is 0 Å². The van der Waals surface area contributed by atoms with E-state index in [0.29, 0.717) is 5.69 Å². The summed E-state index contributed by atoms with van der Waals surface area (Å²) in [5.74, 6) is 0.739. The maximum Gasteiger partial charge on any atom is 0.347 e. The number of nitrogens with one attached hydrogen (secondary N) is 1. The SMILES string of the molecule is CN1CCC/C1=N\C(=O)Nc1cccc([N+](=O)[O-])c1. The number of amidine groups is 1. The number of carbonyl (C=O) groups is 1. The van der Waals surface area contributed by atoms with Crippen LogP contribution in [0.15, 0.2) is 29.3 Å². The Hall–Kier alpha value is -2.44. The van der Waals surface area contributed by atoms with Crippen LogP contribution in [-0.4, -0.2) is 35.3 Å². The molecule has 2 rings (SSSR count).